The van der Waals surface area contributed by atoms with Gasteiger partial charge < -0.3 is 9.15 Å². The summed E-state index contributed by atoms with van der Waals surface area (Å²) in [5.41, 5.74) is 3.40. The van der Waals surface area contributed by atoms with Gasteiger partial charge in [0, 0.05) is 19.3 Å². The van der Waals surface area contributed by atoms with Crippen molar-refractivity contribution in [2.75, 3.05) is 13.7 Å². The largest absolute Gasteiger partial charge is 0.481 e. The summed E-state index contributed by atoms with van der Waals surface area (Å²) in [7, 11) is 1.70. The van der Waals surface area contributed by atoms with Crippen molar-refractivity contribution in [1.29, 1.82) is 0 Å². The number of hydrogen-bond acceptors (Lipinski definition) is 4. The summed E-state index contributed by atoms with van der Waals surface area (Å²) in [6.07, 6.45) is 16.7. The maximum Gasteiger partial charge on any atom is 0.228 e. The van der Waals surface area contributed by atoms with Crippen LogP contribution in [0, 0.1) is 19.3 Å². The number of terminal acetylenes is 1. The summed E-state index contributed by atoms with van der Waals surface area (Å²) in [5, 5.41) is 0. The van der Waals surface area contributed by atoms with Gasteiger partial charge in [0.05, 0.1) is 5.57 Å². The summed E-state index contributed by atoms with van der Waals surface area (Å²) in [6.45, 7) is 12.0. The van der Waals surface area contributed by atoms with Gasteiger partial charge in [-0.1, -0.05) is 36.5 Å². The molecule has 0 amide bonds. The van der Waals surface area contributed by atoms with Crippen LogP contribution < -0.4 is 0 Å². The second-order valence-electron chi connectivity index (χ2n) is 5.56. The molecule has 0 unspecified atom stereocenters. The van der Waals surface area contributed by atoms with Crippen LogP contribution >= 0.6 is 0 Å². The van der Waals surface area contributed by atoms with Crippen molar-refractivity contribution in [2.24, 2.45) is 4.99 Å². The lowest BCUT2D eigenvalue weighted by molar-refractivity contribution is 0.263. The molecule has 0 fully saturated rings. The van der Waals surface area contributed by atoms with Crippen LogP contribution in [0.15, 0.2) is 57.2 Å². The number of oxazole rings is 1. The highest BCUT2D eigenvalue weighted by atomic mass is 16.5. The zero-order chi connectivity index (χ0) is 19.5. The molecule has 0 saturated carbocycles. The fourth-order valence-electron chi connectivity index (χ4n) is 1.87. The molecule has 4 nitrogen and oxygen atoms in total. The highest BCUT2D eigenvalue weighted by Gasteiger charge is 2.11. The van der Waals surface area contributed by atoms with E-state index in [0.29, 0.717) is 29.7 Å². The van der Waals surface area contributed by atoms with Crippen LogP contribution in [0.25, 0.3) is 11.6 Å². The first-order valence-corrected chi connectivity index (χ1v) is 8.31. The third kappa shape index (κ3) is 6.45. The minimum absolute atomic E-state index is 0.301. The van der Waals surface area contributed by atoms with Crippen LogP contribution in [0.2, 0.25) is 0 Å². The second-order valence-corrected chi connectivity index (χ2v) is 5.56. The molecule has 0 aliphatic carbocycles. The lowest BCUT2D eigenvalue weighted by Crippen LogP contribution is -1.95. The molecule has 1 rings (SSSR count). The third-order valence-electron chi connectivity index (χ3n) is 3.52. The Kier molecular flexibility index (Phi) is 8.66. The van der Waals surface area contributed by atoms with E-state index in [4.69, 9.17) is 15.6 Å². The molecule has 1 heterocycles. The average molecular weight is 350 g/mol. The van der Waals surface area contributed by atoms with Gasteiger partial charge in [0.1, 0.15) is 18.1 Å². The number of rotatable bonds is 8. The molecule has 136 valence electrons. The van der Waals surface area contributed by atoms with Crippen molar-refractivity contribution in [3.63, 3.8) is 0 Å². The predicted molar refractivity (Wildman–Crippen MR) is 110 cm³/mol. The molecule has 0 saturated heterocycles. The average Bonchev–Trinajstić information content (AvgIpc) is 3.00. The van der Waals surface area contributed by atoms with E-state index in [1.807, 2.05) is 52.0 Å². The summed E-state index contributed by atoms with van der Waals surface area (Å²) < 4.78 is 11.3. The summed E-state index contributed by atoms with van der Waals surface area (Å²) in [6, 6.07) is 0. The van der Waals surface area contributed by atoms with Crippen molar-refractivity contribution >= 4 is 17.9 Å². The van der Waals surface area contributed by atoms with Crippen LogP contribution in [0.3, 0.4) is 0 Å². The Hall–Kier alpha value is -3.06. The molecular formula is C22H26N2O2. The Balaban J connectivity index is 2.90. The van der Waals surface area contributed by atoms with Gasteiger partial charge in [-0.05, 0) is 39.2 Å². The molecule has 0 atom stereocenters. The van der Waals surface area contributed by atoms with Gasteiger partial charge in [-0.15, -0.1) is 6.42 Å². The van der Waals surface area contributed by atoms with Crippen LogP contribution in [-0.4, -0.2) is 24.9 Å². The number of ether oxygens (including phenoxy) is 1. The quantitative estimate of drug-likeness (QED) is 0.282. The Bertz CT molecular complexity index is 825. The van der Waals surface area contributed by atoms with E-state index in [2.05, 4.69) is 22.5 Å². The van der Waals surface area contributed by atoms with Crippen LogP contribution in [0.4, 0.5) is 0 Å². The first-order valence-electron chi connectivity index (χ1n) is 8.31. The van der Waals surface area contributed by atoms with E-state index >= 15 is 0 Å². The zero-order valence-electron chi connectivity index (χ0n) is 16.2. The van der Waals surface area contributed by atoms with Gasteiger partial charge in [0.15, 0.2) is 5.76 Å². The van der Waals surface area contributed by atoms with E-state index in [9.17, 15) is 0 Å². The molecule has 4 heteroatoms. The minimum Gasteiger partial charge on any atom is -0.481 e. The lowest BCUT2D eigenvalue weighted by Gasteiger charge is -2.05. The molecule has 0 aliphatic heterocycles. The lowest BCUT2D eigenvalue weighted by atomic mass is 10.2. The first-order chi connectivity index (χ1) is 12.4. The fraction of sp³-hybridized carbons (Fsp3) is 0.273. The maximum absolute atomic E-state index is 5.69. The van der Waals surface area contributed by atoms with Crippen molar-refractivity contribution in [2.45, 2.75) is 27.7 Å². The van der Waals surface area contributed by atoms with Crippen LogP contribution in [0.5, 0.6) is 0 Å². The van der Waals surface area contributed by atoms with Gasteiger partial charge in [-0.3, -0.25) is 4.99 Å². The molecular weight excluding hydrogens is 324 g/mol. The molecule has 0 aliphatic rings. The number of aromatic nitrogens is 1. The number of allylic oxidation sites excluding steroid dienone is 6. The third-order valence-corrected chi connectivity index (χ3v) is 3.52. The first kappa shape index (κ1) is 21.0. The molecule has 1 aromatic rings. The monoisotopic (exact) mass is 350 g/mol. The highest BCUT2D eigenvalue weighted by Crippen LogP contribution is 2.19. The van der Waals surface area contributed by atoms with Crippen LogP contribution in [0.1, 0.15) is 38.1 Å². The fourth-order valence-corrected chi connectivity index (χ4v) is 1.87. The van der Waals surface area contributed by atoms with E-state index < -0.39 is 0 Å². The Labute approximate surface area is 156 Å². The molecule has 26 heavy (non-hydrogen) atoms. The Morgan fingerprint density at radius 2 is 2.08 bits per heavy atom. The maximum atomic E-state index is 5.69. The molecule has 1 aromatic heterocycles. The van der Waals surface area contributed by atoms with E-state index in [1.54, 1.807) is 19.3 Å². The molecule has 0 aromatic carbocycles. The standard InChI is InChI=1S/C22H26N2O2/c1-8-16(4)11-12-17(5)15-25-20(10-3)13-21-18(6)26-22(24-21)19(9-2)14-23-7/h3,8-9,11-14H,5,15H2,1-2,4,6-7H3/b12-11-,16-8-,19-9+,20-13+,23-14?. The van der Waals surface area contributed by atoms with E-state index in [1.165, 1.54) is 0 Å². The molecule has 0 N–H and O–H groups in total. The highest BCUT2D eigenvalue weighted by molar-refractivity contribution is 6.07. The number of aliphatic imine (C=N–C) groups is 1. The predicted octanol–water partition coefficient (Wildman–Crippen LogP) is 5.16. The number of aryl methyl sites for hydroxylation is 1. The molecule has 0 spiro atoms. The normalized spacial score (nSPS) is 13.5. The Morgan fingerprint density at radius 1 is 1.35 bits per heavy atom. The van der Waals surface area contributed by atoms with Crippen molar-refractivity contribution in [3.05, 3.63) is 65.1 Å². The smallest absolute Gasteiger partial charge is 0.228 e. The number of hydrogen-bond donors (Lipinski definition) is 0. The second kappa shape index (κ2) is 10.7. The SMILES string of the molecule is C#C/C(=C\c1nc(/C(C=NC)=C/C)oc1C)OCC(=C)/C=C\C(C)=C/C. The molecule has 0 radical (unpaired) electrons. The van der Waals surface area contributed by atoms with Crippen molar-refractivity contribution in [3.8, 4) is 12.3 Å². The van der Waals surface area contributed by atoms with Crippen LogP contribution in [-0.2, 0) is 4.74 Å². The van der Waals surface area contributed by atoms with Gasteiger partial charge in [0.25, 0.3) is 0 Å². The number of nitrogens with zero attached hydrogens (tertiary/aromatic N) is 2. The minimum atomic E-state index is 0.301. The molecule has 0 bridgehead atoms. The van der Waals surface area contributed by atoms with E-state index in [-0.39, 0.29) is 0 Å². The van der Waals surface area contributed by atoms with Gasteiger partial charge >= 0.3 is 0 Å². The summed E-state index contributed by atoms with van der Waals surface area (Å²) >= 11 is 0. The zero-order valence-corrected chi connectivity index (χ0v) is 16.2. The van der Waals surface area contributed by atoms with E-state index in [0.717, 1.165) is 16.7 Å². The summed E-state index contributed by atoms with van der Waals surface area (Å²) in [5.74, 6) is 4.05. The van der Waals surface area contributed by atoms with Gasteiger partial charge in [-0.2, -0.15) is 0 Å². The Morgan fingerprint density at radius 3 is 2.65 bits per heavy atom. The van der Waals surface area contributed by atoms with Gasteiger partial charge in [-0.25, -0.2) is 4.98 Å². The summed E-state index contributed by atoms with van der Waals surface area (Å²) in [4.78, 5) is 8.46. The van der Waals surface area contributed by atoms with Gasteiger partial charge in [0.2, 0.25) is 5.89 Å². The van der Waals surface area contributed by atoms with Crippen molar-refractivity contribution in [1.82, 2.24) is 4.98 Å². The van der Waals surface area contributed by atoms with Crippen molar-refractivity contribution < 1.29 is 9.15 Å². The topological polar surface area (TPSA) is 47.6 Å².